The van der Waals surface area contributed by atoms with Crippen molar-refractivity contribution < 1.29 is 20.0 Å². The summed E-state index contributed by atoms with van der Waals surface area (Å²) >= 11 is 1.92. The third-order valence-electron chi connectivity index (χ3n) is 12.3. The maximum atomic E-state index is 12.9. The highest BCUT2D eigenvalue weighted by Gasteiger charge is 2.72. The van der Waals surface area contributed by atoms with Gasteiger partial charge in [-0.15, -0.1) is 11.8 Å². The van der Waals surface area contributed by atoms with Gasteiger partial charge in [0.05, 0.1) is 18.3 Å². The molecule has 5 aliphatic carbocycles. The van der Waals surface area contributed by atoms with Gasteiger partial charge in [0.15, 0.2) is 0 Å². The smallest absolute Gasteiger partial charge is 0.107 e. The lowest BCUT2D eigenvalue weighted by molar-refractivity contribution is -0.425. The number of hydrogen-bond acceptors (Lipinski definition) is 5. The number of fused-ring (bicyclic) bond motifs is 4. The third kappa shape index (κ3) is 3.49. The van der Waals surface area contributed by atoms with E-state index in [1.165, 1.54) is 16.0 Å². The minimum atomic E-state index is -0.738. The minimum absolute atomic E-state index is 0.00579. The quantitative estimate of drug-likeness (QED) is 0.333. The topological polar surface area (TPSA) is 58.9 Å². The highest BCUT2D eigenvalue weighted by molar-refractivity contribution is 7.99. The first-order valence-electron chi connectivity index (χ1n) is 15.0. The van der Waals surface area contributed by atoms with Gasteiger partial charge in [-0.05, 0) is 121 Å². The molecule has 7 rings (SSSR count). The summed E-state index contributed by atoms with van der Waals surface area (Å²) in [7, 11) is 0. The molecule has 1 saturated heterocycles. The van der Waals surface area contributed by atoms with Crippen molar-refractivity contribution in [2.45, 2.75) is 120 Å². The van der Waals surface area contributed by atoms with Crippen LogP contribution in [0.25, 0.3) is 0 Å². The van der Waals surface area contributed by atoms with Crippen LogP contribution in [0.5, 0.6) is 0 Å². The Bertz CT molecular complexity index is 1090. The van der Waals surface area contributed by atoms with Crippen molar-refractivity contribution in [2.24, 2.45) is 34.0 Å². The minimum Gasteiger partial charge on any atom is -0.393 e. The van der Waals surface area contributed by atoms with Crippen LogP contribution in [0.2, 0.25) is 0 Å². The molecule has 1 aromatic carbocycles. The molecule has 6 aliphatic rings. The van der Waals surface area contributed by atoms with E-state index in [0.717, 1.165) is 63.5 Å². The van der Waals surface area contributed by atoms with Crippen LogP contribution in [0.3, 0.4) is 0 Å². The van der Waals surface area contributed by atoms with E-state index in [1.807, 2.05) is 11.8 Å². The molecular weight excluding hydrogens is 480 g/mol. The van der Waals surface area contributed by atoms with Crippen molar-refractivity contribution in [3.8, 4) is 0 Å². The number of rotatable bonds is 2. The number of hydrogen-bond donors (Lipinski definition) is 2. The molecule has 1 aliphatic heterocycles. The molecule has 204 valence electrons. The first kappa shape index (κ1) is 25.4. The third-order valence-corrected chi connectivity index (χ3v) is 13.2. The van der Waals surface area contributed by atoms with E-state index < -0.39 is 5.60 Å². The molecule has 2 spiro atoms. The molecule has 4 nitrogen and oxygen atoms in total. The van der Waals surface area contributed by atoms with Crippen molar-refractivity contribution in [3.63, 3.8) is 0 Å². The molecule has 1 unspecified atom stereocenters. The second-order valence-electron chi connectivity index (χ2n) is 14.9. The fraction of sp³-hybridized carbons (Fsp3) is 0.812. The van der Waals surface area contributed by atoms with Gasteiger partial charge in [0.25, 0.3) is 0 Å². The predicted octanol–water partition coefficient (Wildman–Crippen LogP) is 6.66. The van der Waals surface area contributed by atoms with Crippen LogP contribution in [0, 0.1) is 34.0 Å². The van der Waals surface area contributed by atoms with E-state index in [-0.39, 0.29) is 27.9 Å². The van der Waals surface area contributed by atoms with Crippen molar-refractivity contribution in [2.75, 3.05) is 12.4 Å². The second-order valence-corrected chi connectivity index (χ2v) is 16.3. The zero-order valence-corrected chi connectivity index (χ0v) is 24.0. The van der Waals surface area contributed by atoms with Crippen LogP contribution in [0.4, 0.5) is 0 Å². The van der Waals surface area contributed by atoms with Gasteiger partial charge in [0.1, 0.15) is 5.60 Å². The summed E-state index contributed by atoms with van der Waals surface area (Å²) in [6, 6.07) is 7.21. The Hall–Kier alpha value is -0.590. The Morgan fingerprint density at radius 3 is 2.68 bits per heavy atom. The van der Waals surface area contributed by atoms with Gasteiger partial charge in [0, 0.05) is 16.7 Å². The maximum absolute atomic E-state index is 12.9. The fourth-order valence-electron chi connectivity index (χ4n) is 11.1. The molecule has 2 N–H and O–H groups in total. The Labute approximate surface area is 227 Å². The summed E-state index contributed by atoms with van der Waals surface area (Å²) in [4.78, 5) is 13.3. The summed E-state index contributed by atoms with van der Waals surface area (Å²) in [6.07, 6.45) is 9.50. The van der Waals surface area contributed by atoms with E-state index in [2.05, 4.69) is 45.9 Å². The molecular formula is C32H46O4S. The molecule has 0 radical (unpaired) electrons. The molecule has 1 heterocycles. The average Bonchev–Trinajstić information content (AvgIpc) is 3.13. The van der Waals surface area contributed by atoms with Crippen molar-refractivity contribution in [3.05, 3.63) is 29.3 Å². The second kappa shape index (κ2) is 8.22. The van der Waals surface area contributed by atoms with E-state index in [4.69, 9.17) is 9.78 Å². The van der Waals surface area contributed by atoms with E-state index >= 15 is 0 Å². The molecule has 0 amide bonds. The van der Waals surface area contributed by atoms with Crippen molar-refractivity contribution in [1.82, 2.24) is 0 Å². The first-order chi connectivity index (χ1) is 17.5. The zero-order valence-electron chi connectivity index (χ0n) is 23.2. The van der Waals surface area contributed by atoms with Gasteiger partial charge < -0.3 is 10.2 Å². The fourth-order valence-corrected chi connectivity index (χ4v) is 11.8. The molecule has 0 bridgehead atoms. The highest BCUT2D eigenvalue weighted by atomic mass is 32.2. The standard InChI is InChI=1S/C32H46O4S/c1-5-37-21-6-7-22-20(14-21)15-31-13-12-30(17-28(2,3)19-35-36-30)18-32(31,34)11-10-23-25-8-9-26(33)29(25,4)16-24(22)27(23)31/h6-7,14,23-27,33-34H,5,8-13,15-19H2,1-4H3/t23-,24+,25-,26-,27+,29-,30?,31-,32+/m0/s1. The Kier molecular flexibility index (Phi) is 5.64. The molecule has 5 heteroatoms. The van der Waals surface area contributed by atoms with Gasteiger partial charge in [0.2, 0.25) is 0 Å². The highest BCUT2D eigenvalue weighted by Crippen LogP contribution is 2.74. The van der Waals surface area contributed by atoms with Gasteiger partial charge >= 0.3 is 0 Å². The summed E-state index contributed by atoms with van der Waals surface area (Å²) in [5.41, 5.74) is 1.81. The molecule has 4 saturated carbocycles. The molecule has 9 atom stereocenters. The van der Waals surface area contributed by atoms with Gasteiger partial charge in [-0.2, -0.15) is 0 Å². The lowest BCUT2D eigenvalue weighted by Crippen LogP contribution is -2.70. The molecule has 37 heavy (non-hydrogen) atoms. The van der Waals surface area contributed by atoms with Crippen LogP contribution in [0.1, 0.15) is 103 Å². The molecule has 5 fully saturated rings. The SMILES string of the molecule is CCSc1ccc2c(c1)C[C@]13CCC4(CC(C)(C)COO4)C[C@]1(O)CC[C@@H]1[C@@H]3[C@@H]2C[C@]2(C)[C@@H](O)CC[C@@H]12. The first-order valence-corrected chi connectivity index (χ1v) is 16.0. The summed E-state index contributed by atoms with van der Waals surface area (Å²) < 4.78 is 0. The normalized spacial score (nSPS) is 49.6. The predicted molar refractivity (Wildman–Crippen MR) is 146 cm³/mol. The largest absolute Gasteiger partial charge is 0.393 e. The molecule has 0 aromatic heterocycles. The monoisotopic (exact) mass is 526 g/mol. The lowest BCUT2D eigenvalue weighted by atomic mass is 9.36. The van der Waals surface area contributed by atoms with Crippen LogP contribution >= 0.6 is 11.8 Å². The zero-order chi connectivity index (χ0) is 25.8. The number of thioether (sulfide) groups is 1. The summed E-state index contributed by atoms with van der Waals surface area (Å²) in [5, 5.41) is 24.1. The Balaban J connectivity index is 1.35. The van der Waals surface area contributed by atoms with Crippen LogP contribution in [0.15, 0.2) is 23.1 Å². The summed E-state index contributed by atoms with van der Waals surface area (Å²) in [6.45, 7) is 9.78. The number of aliphatic hydroxyl groups excluding tert-OH is 1. The van der Waals surface area contributed by atoms with E-state index in [1.54, 1.807) is 0 Å². The van der Waals surface area contributed by atoms with Crippen LogP contribution < -0.4 is 0 Å². The van der Waals surface area contributed by atoms with Crippen molar-refractivity contribution >= 4 is 11.8 Å². The van der Waals surface area contributed by atoms with Crippen LogP contribution in [-0.4, -0.2) is 39.9 Å². The average molecular weight is 527 g/mol. The van der Waals surface area contributed by atoms with E-state index in [9.17, 15) is 10.2 Å². The van der Waals surface area contributed by atoms with Gasteiger partial charge in [-0.3, -0.25) is 0 Å². The number of aliphatic hydroxyl groups is 2. The number of benzene rings is 1. The Morgan fingerprint density at radius 1 is 1.05 bits per heavy atom. The van der Waals surface area contributed by atoms with Gasteiger partial charge in [-0.25, -0.2) is 9.78 Å². The Morgan fingerprint density at radius 2 is 1.89 bits per heavy atom. The lowest BCUT2D eigenvalue weighted by Gasteiger charge is -2.70. The maximum Gasteiger partial charge on any atom is 0.107 e. The van der Waals surface area contributed by atoms with E-state index in [0.29, 0.717) is 36.7 Å². The van der Waals surface area contributed by atoms with Crippen LogP contribution in [-0.2, 0) is 16.2 Å². The molecule has 1 aromatic rings. The van der Waals surface area contributed by atoms with Crippen molar-refractivity contribution in [1.29, 1.82) is 0 Å². The summed E-state index contributed by atoms with van der Waals surface area (Å²) in [5.74, 6) is 3.15. The van der Waals surface area contributed by atoms with Gasteiger partial charge in [-0.1, -0.05) is 33.8 Å².